The Balaban J connectivity index is 2.78. The van der Waals surface area contributed by atoms with Gasteiger partial charge in [-0.2, -0.15) is 5.10 Å². The maximum Gasteiger partial charge on any atom is 0.275 e. The Hall–Kier alpha value is -1.84. The van der Waals surface area contributed by atoms with E-state index in [1.807, 2.05) is 32.9 Å². The van der Waals surface area contributed by atoms with Crippen LogP contribution in [0.15, 0.2) is 29.4 Å². The van der Waals surface area contributed by atoms with Crippen LogP contribution in [0.4, 0.5) is 0 Å². The van der Waals surface area contributed by atoms with Crippen LogP contribution in [0.25, 0.3) is 0 Å². The van der Waals surface area contributed by atoms with E-state index in [0.29, 0.717) is 17.9 Å². The highest BCUT2D eigenvalue weighted by Gasteiger charge is 2.11. The Bertz CT molecular complexity index is 436. The first kappa shape index (κ1) is 15.2. The van der Waals surface area contributed by atoms with E-state index in [0.717, 1.165) is 25.0 Å². The van der Waals surface area contributed by atoms with Gasteiger partial charge in [0.1, 0.15) is 5.75 Å². The Kier molecular flexibility index (Phi) is 6.64. The van der Waals surface area contributed by atoms with Gasteiger partial charge in [0.05, 0.1) is 12.2 Å². The minimum atomic E-state index is -0.230. The van der Waals surface area contributed by atoms with E-state index in [-0.39, 0.29) is 5.91 Å². The monoisotopic (exact) mass is 262 g/mol. The zero-order valence-corrected chi connectivity index (χ0v) is 11.9. The predicted molar refractivity (Wildman–Crippen MR) is 77.7 cm³/mol. The average Bonchev–Trinajstić information content (AvgIpc) is 2.46. The summed E-state index contributed by atoms with van der Waals surface area (Å²) in [6, 6.07) is 7.22. The number of nitrogens with zero attached hydrogens (tertiary/aromatic N) is 1. The first-order valence-electron chi connectivity index (χ1n) is 6.80. The molecule has 19 heavy (non-hydrogen) atoms. The fourth-order valence-corrected chi connectivity index (χ4v) is 1.59. The maximum atomic E-state index is 12.1. The molecule has 0 bridgehead atoms. The van der Waals surface area contributed by atoms with Gasteiger partial charge in [-0.15, -0.1) is 0 Å². The minimum absolute atomic E-state index is 0.230. The van der Waals surface area contributed by atoms with Crippen molar-refractivity contribution in [3.05, 3.63) is 29.8 Å². The van der Waals surface area contributed by atoms with Crippen molar-refractivity contribution < 1.29 is 9.53 Å². The normalized spacial score (nSPS) is 9.84. The molecular formula is C15H22N2O2. The first-order chi connectivity index (χ1) is 9.22. The second-order valence-corrected chi connectivity index (χ2v) is 4.17. The molecule has 0 aromatic heterocycles. The third-order valence-corrected chi connectivity index (χ3v) is 2.73. The average molecular weight is 262 g/mol. The van der Waals surface area contributed by atoms with Gasteiger partial charge in [0.25, 0.3) is 5.91 Å². The summed E-state index contributed by atoms with van der Waals surface area (Å²) < 4.78 is 5.56. The van der Waals surface area contributed by atoms with Crippen molar-refractivity contribution >= 4 is 11.6 Å². The number of carbonyl (C=O) groups excluding carboxylic acids is 1. The summed E-state index contributed by atoms with van der Waals surface area (Å²) >= 11 is 0. The van der Waals surface area contributed by atoms with Crippen molar-refractivity contribution in [3.8, 4) is 5.75 Å². The largest absolute Gasteiger partial charge is 0.493 e. The topological polar surface area (TPSA) is 50.7 Å². The van der Waals surface area contributed by atoms with Crippen LogP contribution >= 0.6 is 0 Å². The smallest absolute Gasteiger partial charge is 0.275 e. The zero-order chi connectivity index (χ0) is 14.1. The van der Waals surface area contributed by atoms with E-state index in [4.69, 9.17) is 4.74 Å². The third-order valence-electron chi connectivity index (χ3n) is 2.73. The molecule has 1 aromatic rings. The molecule has 0 aliphatic rings. The predicted octanol–water partition coefficient (Wildman–Crippen LogP) is 3.38. The van der Waals surface area contributed by atoms with Gasteiger partial charge in [-0.1, -0.05) is 32.9 Å². The van der Waals surface area contributed by atoms with E-state index >= 15 is 0 Å². The number of amides is 1. The number of para-hydroxylation sites is 1. The molecule has 0 saturated heterocycles. The molecule has 0 radical (unpaired) electrons. The first-order valence-corrected chi connectivity index (χ1v) is 6.80. The minimum Gasteiger partial charge on any atom is -0.493 e. The summed E-state index contributed by atoms with van der Waals surface area (Å²) in [5.74, 6) is 0.373. The van der Waals surface area contributed by atoms with Crippen molar-refractivity contribution in [1.82, 2.24) is 5.43 Å². The van der Waals surface area contributed by atoms with Crippen molar-refractivity contribution in [2.45, 2.75) is 40.0 Å². The molecule has 0 unspecified atom stereocenters. The number of rotatable bonds is 7. The lowest BCUT2D eigenvalue weighted by atomic mass is 10.2. The van der Waals surface area contributed by atoms with Crippen molar-refractivity contribution in [3.63, 3.8) is 0 Å². The zero-order valence-electron chi connectivity index (χ0n) is 11.9. The number of carbonyl (C=O) groups is 1. The third kappa shape index (κ3) is 4.73. The van der Waals surface area contributed by atoms with Gasteiger partial charge in [0.15, 0.2) is 0 Å². The standard InChI is InChI=1S/C15H22N2O2/c1-4-11-19-14-10-8-7-9-13(14)15(18)17-16-12(5-2)6-3/h7-10H,4-6,11H2,1-3H3,(H,17,18). The maximum absolute atomic E-state index is 12.1. The fourth-order valence-electron chi connectivity index (χ4n) is 1.59. The van der Waals surface area contributed by atoms with Crippen molar-refractivity contribution in [2.75, 3.05) is 6.61 Å². The molecule has 1 N–H and O–H groups in total. The van der Waals surface area contributed by atoms with Crippen LogP contribution in [-0.2, 0) is 0 Å². The Morgan fingerprint density at radius 3 is 2.53 bits per heavy atom. The lowest BCUT2D eigenvalue weighted by Gasteiger charge is -2.09. The van der Waals surface area contributed by atoms with Crippen LogP contribution in [0.2, 0.25) is 0 Å². The van der Waals surface area contributed by atoms with E-state index in [1.54, 1.807) is 12.1 Å². The lowest BCUT2D eigenvalue weighted by molar-refractivity contribution is 0.0950. The highest BCUT2D eigenvalue weighted by atomic mass is 16.5. The van der Waals surface area contributed by atoms with E-state index in [9.17, 15) is 4.79 Å². The molecule has 0 heterocycles. The quantitative estimate of drug-likeness (QED) is 0.605. The summed E-state index contributed by atoms with van der Waals surface area (Å²) in [4.78, 5) is 12.1. The molecule has 0 spiro atoms. The highest BCUT2D eigenvalue weighted by Crippen LogP contribution is 2.17. The van der Waals surface area contributed by atoms with E-state index < -0.39 is 0 Å². The molecule has 1 amide bonds. The van der Waals surface area contributed by atoms with E-state index in [1.165, 1.54) is 0 Å². The van der Waals surface area contributed by atoms with Crippen molar-refractivity contribution in [2.24, 2.45) is 5.10 Å². The number of hydrogen-bond acceptors (Lipinski definition) is 3. The summed E-state index contributed by atoms with van der Waals surface area (Å²) in [6.07, 6.45) is 2.58. The van der Waals surface area contributed by atoms with Gasteiger partial charge in [-0.25, -0.2) is 5.43 Å². The van der Waals surface area contributed by atoms with Crippen molar-refractivity contribution in [1.29, 1.82) is 0 Å². The fraction of sp³-hybridized carbons (Fsp3) is 0.467. The number of hydrazone groups is 1. The van der Waals surface area contributed by atoms with Crippen LogP contribution in [0, 0.1) is 0 Å². The molecule has 4 nitrogen and oxygen atoms in total. The van der Waals surface area contributed by atoms with Crippen LogP contribution in [-0.4, -0.2) is 18.2 Å². The molecule has 104 valence electrons. The molecule has 0 saturated carbocycles. The SMILES string of the molecule is CCCOc1ccccc1C(=O)NN=C(CC)CC. The second-order valence-electron chi connectivity index (χ2n) is 4.17. The van der Waals surface area contributed by atoms with E-state index in [2.05, 4.69) is 10.5 Å². The van der Waals surface area contributed by atoms with Crippen LogP contribution in [0.5, 0.6) is 5.75 Å². The number of hydrogen-bond donors (Lipinski definition) is 1. The van der Waals surface area contributed by atoms with Gasteiger partial charge < -0.3 is 4.74 Å². The number of nitrogens with one attached hydrogen (secondary N) is 1. The van der Waals surface area contributed by atoms with Gasteiger partial charge in [0.2, 0.25) is 0 Å². The molecule has 0 fully saturated rings. The molecule has 0 atom stereocenters. The highest BCUT2D eigenvalue weighted by molar-refractivity contribution is 5.97. The second kappa shape index (κ2) is 8.29. The number of benzene rings is 1. The van der Waals surface area contributed by atoms with Crippen LogP contribution < -0.4 is 10.2 Å². The lowest BCUT2D eigenvalue weighted by Crippen LogP contribution is -2.20. The summed E-state index contributed by atoms with van der Waals surface area (Å²) in [6.45, 7) is 6.67. The van der Waals surface area contributed by atoms with Gasteiger partial charge in [-0.3, -0.25) is 4.79 Å². The molecule has 1 rings (SSSR count). The van der Waals surface area contributed by atoms with Gasteiger partial charge in [0, 0.05) is 5.71 Å². The number of ether oxygens (including phenoxy) is 1. The Labute approximate surface area is 114 Å². The molecule has 0 aliphatic heterocycles. The Morgan fingerprint density at radius 1 is 1.21 bits per heavy atom. The molecule has 0 aliphatic carbocycles. The van der Waals surface area contributed by atoms with Gasteiger partial charge in [-0.05, 0) is 31.4 Å². The van der Waals surface area contributed by atoms with Gasteiger partial charge >= 0.3 is 0 Å². The van der Waals surface area contributed by atoms with Crippen LogP contribution in [0.3, 0.4) is 0 Å². The van der Waals surface area contributed by atoms with Crippen LogP contribution in [0.1, 0.15) is 50.4 Å². The summed E-state index contributed by atoms with van der Waals surface area (Å²) in [7, 11) is 0. The Morgan fingerprint density at radius 2 is 1.89 bits per heavy atom. The molecule has 1 aromatic carbocycles. The molecule has 4 heteroatoms. The summed E-state index contributed by atoms with van der Waals surface area (Å²) in [5, 5.41) is 4.12. The molecular weight excluding hydrogens is 240 g/mol. The summed E-state index contributed by atoms with van der Waals surface area (Å²) in [5.41, 5.74) is 4.08.